The number of fused-ring (bicyclic) bond motifs is 1. The van der Waals surface area contributed by atoms with Crippen LogP contribution in [0.3, 0.4) is 0 Å². The molecule has 5 nitrogen and oxygen atoms in total. The fraction of sp³-hybridized carbons (Fsp3) is 0.125. The first-order valence-electron chi connectivity index (χ1n) is 9.38. The smallest absolute Gasteiger partial charge is 0.262 e. The molecule has 1 amide bonds. The number of amides is 1. The fourth-order valence-corrected chi connectivity index (χ4v) is 3.47. The van der Waals surface area contributed by atoms with E-state index in [1.807, 2.05) is 72.8 Å². The minimum atomic E-state index is -0.424. The maximum absolute atomic E-state index is 13.5. The summed E-state index contributed by atoms with van der Waals surface area (Å²) in [6.45, 7) is 4.11. The molecule has 0 bridgehead atoms. The van der Waals surface area contributed by atoms with Crippen LogP contribution in [-0.4, -0.2) is 19.6 Å². The highest BCUT2D eigenvalue weighted by atomic mass is 16.5. The summed E-state index contributed by atoms with van der Waals surface area (Å²) in [6, 6.07) is 22.7. The van der Waals surface area contributed by atoms with Crippen molar-refractivity contribution in [3.8, 4) is 11.5 Å². The van der Waals surface area contributed by atoms with Crippen LogP contribution in [-0.2, 0) is 0 Å². The van der Waals surface area contributed by atoms with Gasteiger partial charge in [0.1, 0.15) is 24.3 Å². The highest BCUT2D eigenvalue weighted by molar-refractivity contribution is 6.12. The van der Waals surface area contributed by atoms with Crippen LogP contribution in [0, 0.1) is 0 Å². The molecule has 5 heteroatoms. The molecule has 0 spiro atoms. The molecule has 0 saturated heterocycles. The molecule has 4 rings (SSSR count). The molecular formula is C24H22N2O3. The number of carbonyl (C=O) groups excluding carboxylic acids is 1. The van der Waals surface area contributed by atoms with Gasteiger partial charge in [0.15, 0.2) is 0 Å². The number of hydrogen-bond acceptors (Lipinski definition) is 4. The molecule has 0 unspecified atom stereocenters. The van der Waals surface area contributed by atoms with Crippen molar-refractivity contribution in [3.05, 3.63) is 96.6 Å². The summed E-state index contributed by atoms with van der Waals surface area (Å²) in [4.78, 5) is 15.2. The summed E-state index contributed by atoms with van der Waals surface area (Å²) in [5, 5.41) is 3.51. The lowest BCUT2D eigenvalue weighted by Gasteiger charge is -2.38. The van der Waals surface area contributed by atoms with Crippen LogP contribution in [0.4, 0.5) is 11.4 Å². The molecule has 1 aliphatic rings. The van der Waals surface area contributed by atoms with Gasteiger partial charge in [-0.15, -0.1) is 0 Å². The Labute approximate surface area is 170 Å². The summed E-state index contributed by atoms with van der Waals surface area (Å²) >= 11 is 0. The molecule has 1 N–H and O–H groups in total. The molecule has 146 valence electrons. The van der Waals surface area contributed by atoms with Gasteiger partial charge in [0.25, 0.3) is 5.91 Å². The standard InChI is InChI=1S/C24H22N2O3/c1-3-16-29-22-11-7-5-9-20(22)23-25-21-10-6-4-8-19(21)24(27)26(23)17-12-14-18(28-2)15-13-17/h3-15,23,25H,1,16H2,2H3/t23-/m1/s1. The predicted octanol–water partition coefficient (Wildman–Crippen LogP) is 5.03. The van der Waals surface area contributed by atoms with E-state index in [0.29, 0.717) is 17.9 Å². The first-order valence-corrected chi connectivity index (χ1v) is 9.38. The van der Waals surface area contributed by atoms with Crippen molar-refractivity contribution in [1.29, 1.82) is 0 Å². The van der Waals surface area contributed by atoms with Crippen LogP contribution in [0.1, 0.15) is 22.1 Å². The Kier molecular flexibility index (Phi) is 5.20. The number of carbonyl (C=O) groups is 1. The van der Waals surface area contributed by atoms with Crippen molar-refractivity contribution in [3.63, 3.8) is 0 Å². The largest absolute Gasteiger partial charge is 0.497 e. The Hall–Kier alpha value is -3.73. The van der Waals surface area contributed by atoms with E-state index >= 15 is 0 Å². The molecule has 3 aromatic rings. The zero-order valence-electron chi connectivity index (χ0n) is 16.2. The van der Waals surface area contributed by atoms with Crippen molar-refractivity contribution >= 4 is 17.3 Å². The molecule has 0 aliphatic carbocycles. The highest BCUT2D eigenvalue weighted by Crippen LogP contribution is 2.39. The Balaban J connectivity index is 1.83. The SMILES string of the molecule is C=CCOc1ccccc1[C@@H]1Nc2ccccc2C(=O)N1c1ccc(OC)cc1. The highest BCUT2D eigenvalue weighted by Gasteiger charge is 2.35. The van der Waals surface area contributed by atoms with Crippen LogP contribution < -0.4 is 19.7 Å². The van der Waals surface area contributed by atoms with Gasteiger partial charge in [0, 0.05) is 16.9 Å². The Bertz CT molecular complexity index is 1030. The van der Waals surface area contributed by atoms with Crippen LogP contribution >= 0.6 is 0 Å². The second kappa shape index (κ2) is 8.10. The third kappa shape index (κ3) is 3.55. The van der Waals surface area contributed by atoms with Crippen molar-refractivity contribution in [2.24, 2.45) is 0 Å². The molecule has 0 aromatic heterocycles. The second-order valence-electron chi connectivity index (χ2n) is 6.60. The van der Waals surface area contributed by atoms with Gasteiger partial charge < -0.3 is 14.8 Å². The molecule has 3 aromatic carbocycles. The minimum Gasteiger partial charge on any atom is -0.497 e. The maximum atomic E-state index is 13.5. The summed E-state index contributed by atoms with van der Waals surface area (Å²) in [6.07, 6.45) is 1.28. The Morgan fingerprint density at radius 3 is 2.52 bits per heavy atom. The zero-order valence-corrected chi connectivity index (χ0v) is 16.2. The molecule has 1 aliphatic heterocycles. The molecule has 1 atom stereocenters. The van der Waals surface area contributed by atoms with E-state index in [-0.39, 0.29) is 5.91 Å². The maximum Gasteiger partial charge on any atom is 0.262 e. The van der Waals surface area contributed by atoms with Crippen molar-refractivity contribution in [1.82, 2.24) is 0 Å². The van der Waals surface area contributed by atoms with Gasteiger partial charge in [-0.05, 0) is 42.5 Å². The van der Waals surface area contributed by atoms with Crippen molar-refractivity contribution < 1.29 is 14.3 Å². The summed E-state index contributed by atoms with van der Waals surface area (Å²) in [5.41, 5.74) is 3.06. The van der Waals surface area contributed by atoms with Gasteiger partial charge in [0.2, 0.25) is 0 Å². The second-order valence-corrected chi connectivity index (χ2v) is 6.60. The number of benzene rings is 3. The van der Waals surface area contributed by atoms with Crippen LogP contribution in [0.2, 0.25) is 0 Å². The number of hydrogen-bond donors (Lipinski definition) is 1. The third-order valence-electron chi connectivity index (χ3n) is 4.85. The number of para-hydroxylation sites is 2. The number of anilines is 2. The Morgan fingerprint density at radius 2 is 1.76 bits per heavy atom. The van der Waals surface area contributed by atoms with E-state index < -0.39 is 6.17 Å². The van der Waals surface area contributed by atoms with E-state index in [0.717, 1.165) is 22.7 Å². The first kappa shape index (κ1) is 18.6. The molecule has 0 saturated carbocycles. The molecule has 0 fully saturated rings. The van der Waals surface area contributed by atoms with E-state index in [2.05, 4.69) is 11.9 Å². The van der Waals surface area contributed by atoms with Gasteiger partial charge in [-0.1, -0.05) is 43.0 Å². The van der Waals surface area contributed by atoms with Gasteiger partial charge in [0.05, 0.1) is 12.7 Å². The summed E-state index contributed by atoms with van der Waals surface area (Å²) < 4.78 is 11.1. The van der Waals surface area contributed by atoms with E-state index in [1.54, 1.807) is 18.1 Å². The van der Waals surface area contributed by atoms with E-state index in [1.165, 1.54) is 0 Å². The fourth-order valence-electron chi connectivity index (χ4n) is 3.47. The molecule has 1 heterocycles. The van der Waals surface area contributed by atoms with Crippen LogP contribution in [0.5, 0.6) is 11.5 Å². The number of methoxy groups -OCH3 is 1. The number of ether oxygens (including phenoxy) is 2. The molecule has 0 radical (unpaired) electrons. The minimum absolute atomic E-state index is 0.0759. The number of nitrogens with zero attached hydrogens (tertiary/aromatic N) is 1. The monoisotopic (exact) mass is 386 g/mol. The van der Waals surface area contributed by atoms with Gasteiger partial charge in [-0.2, -0.15) is 0 Å². The molecular weight excluding hydrogens is 364 g/mol. The lowest BCUT2D eigenvalue weighted by Crippen LogP contribution is -2.43. The van der Waals surface area contributed by atoms with Crippen molar-refractivity contribution in [2.75, 3.05) is 23.9 Å². The average molecular weight is 386 g/mol. The van der Waals surface area contributed by atoms with Crippen LogP contribution in [0.15, 0.2) is 85.5 Å². The summed E-state index contributed by atoms with van der Waals surface area (Å²) in [7, 11) is 1.62. The Morgan fingerprint density at radius 1 is 1.03 bits per heavy atom. The topological polar surface area (TPSA) is 50.8 Å². The van der Waals surface area contributed by atoms with Gasteiger partial charge in [-0.25, -0.2) is 0 Å². The average Bonchev–Trinajstić information content (AvgIpc) is 2.78. The number of nitrogens with one attached hydrogen (secondary N) is 1. The number of rotatable bonds is 6. The van der Waals surface area contributed by atoms with Crippen molar-refractivity contribution in [2.45, 2.75) is 6.17 Å². The first-order chi connectivity index (χ1) is 14.2. The zero-order chi connectivity index (χ0) is 20.2. The third-order valence-corrected chi connectivity index (χ3v) is 4.85. The lowest BCUT2D eigenvalue weighted by atomic mass is 10.0. The quantitative estimate of drug-likeness (QED) is 0.604. The van der Waals surface area contributed by atoms with Gasteiger partial charge >= 0.3 is 0 Å². The summed E-state index contributed by atoms with van der Waals surface area (Å²) in [5.74, 6) is 1.36. The normalized spacial score (nSPS) is 15.3. The van der Waals surface area contributed by atoms with Crippen LogP contribution in [0.25, 0.3) is 0 Å². The van der Waals surface area contributed by atoms with Gasteiger partial charge in [-0.3, -0.25) is 9.69 Å². The van der Waals surface area contributed by atoms with E-state index in [4.69, 9.17) is 9.47 Å². The lowest BCUT2D eigenvalue weighted by molar-refractivity contribution is 0.0974. The predicted molar refractivity (Wildman–Crippen MR) is 115 cm³/mol. The van der Waals surface area contributed by atoms with E-state index in [9.17, 15) is 4.79 Å². The molecule has 29 heavy (non-hydrogen) atoms.